The van der Waals surface area contributed by atoms with Crippen molar-refractivity contribution in [1.82, 2.24) is 19.9 Å². The minimum atomic E-state index is -0.470. The van der Waals surface area contributed by atoms with Crippen LogP contribution in [0, 0.1) is 18.6 Å². The van der Waals surface area contributed by atoms with Crippen molar-refractivity contribution >= 4 is 11.0 Å². The molecule has 0 atom stereocenters. The van der Waals surface area contributed by atoms with Gasteiger partial charge in [0.25, 0.3) is 0 Å². The molecule has 0 aromatic carbocycles. The predicted molar refractivity (Wildman–Crippen MR) is 61.8 cm³/mol. The summed E-state index contributed by atoms with van der Waals surface area (Å²) in [5, 5.41) is 0.570. The van der Waals surface area contributed by atoms with Crippen molar-refractivity contribution in [3.63, 3.8) is 0 Å². The van der Waals surface area contributed by atoms with Crippen LogP contribution in [0.2, 0.25) is 0 Å². The summed E-state index contributed by atoms with van der Waals surface area (Å²) >= 11 is 0. The lowest BCUT2D eigenvalue weighted by Gasteiger charge is -2.00. The third kappa shape index (κ3) is 1.62. The second-order valence-electron chi connectivity index (χ2n) is 3.88. The molecule has 3 aromatic heterocycles. The highest BCUT2D eigenvalue weighted by Gasteiger charge is 2.11. The molecule has 3 aromatic rings. The third-order valence-electron chi connectivity index (χ3n) is 2.66. The molecule has 6 heteroatoms. The van der Waals surface area contributed by atoms with Gasteiger partial charge in [0.15, 0.2) is 11.6 Å². The van der Waals surface area contributed by atoms with E-state index in [1.807, 2.05) is 0 Å². The van der Waals surface area contributed by atoms with Crippen LogP contribution in [0.5, 0.6) is 0 Å². The number of H-pyrrole nitrogens is 1. The molecule has 0 bridgehead atoms. The molecule has 0 saturated heterocycles. The first kappa shape index (κ1) is 10.8. The fourth-order valence-corrected chi connectivity index (χ4v) is 1.75. The van der Waals surface area contributed by atoms with E-state index in [1.54, 1.807) is 13.1 Å². The van der Waals surface area contributed by atoms with Crippen LogP contribution >= 0.6 is 0 Å². The summed E-state index contributed by atoms with van der Waals surface area (Å²) in [5.41, 5.74) is 1.38. The molecule has 0 aliphatic heterocycles. The number of halogens is 2. The Labute approximate surface area is 101 Å². The summed E-state index contributed by atoms with van der Waals surface area (Å²) < 4.78 is 26.3. The molecule has 0 aliphatic carbocycles. The first-order chi connectivity index (χ1) is 8.65. The maximum atomic E-state index is 13.2. The standard InChI is InChI=1S/C12H8F2N4/c1-6-10(14)5-17-12(18-6)9-4-16-11-8(9)2-7(13)3-15-11/h2-5H,1H3,(H,15,16). The Hall–Kier alpha value is -2.37. The van der Waals surface area contributed by atoms with E-state index in [1.165, 1.54) is 6.07 Å². The quantitative estimate of drug-likeness (QED) is 0.718. The van der Waals surface area contributed by atoms with E-state index < -0.39 is 11.6 Å². The lowest BCUT2D eigenvalue weighted by molar-refractivity contribution is 0.602. The van der Waals surface area contributed by atoms with Crippen molar-refractivity contribution in [2.24, 2.45) is 0 Å². The van der Waals surface area contributed by atoms with Crippen LogP contribution in [0.25, 0.3) is 22.4 Å². The topological polar surface area (TPSA) is 54.5 Å². The summed E-state index contributed by atoms with van der Waals surface area (Å²) in [6.45, 7) is 1.55. The Morgan fingerprint density at radius 2 is 2.00 bits per heavy atom. The average Bonchev–Trinajstić information content (AvgIpc) is 2.75. The highest BCUT2D eigenvalue weighted by atomic mass is 19.1. The predicted octanol–water partition coefficient (Wildman–Crippen LogP) is 2.61. The number of rotatable bonds is 1. The second-order valence-corrected chi connectivity index (χ2v) is 3.88. The first-order valence-corrected chi connectivity index (χ1v) is 5.27. The van der Waals surface area contributed by atoms with Gasteiger partial charge in [-0.1, -0.05) is 0 Å². The van der Waals surface area contributed by atoms with Crippen molar-refractivity contribution in [3.8, 4) is 11.4 Å². The molecule has 0 saturated carbocycles. The van der Waals surface area contributed by atoms with Gasteiger partial charge in [0.05, 0.1) is 18.1 Å². The fourth-order valence-electron chi connectivity index (χ4n) is 1.75. The molecule has 0 unspecified atom stereocenters. The molecule has 0 aliphatic rings. The van der Waals surface area contributed by atoms with E-state index in [2.05, 4.69) is 19.9 Å². The van der Waals surface area contributed by atoms with Crippen molar-refractivity contribution in [2.75, 3.05) is 0 Å². The molecule has 4 nitrogen and oxygen atoms in total. The summed E-state index contributed by atoms with van der Waals surface area (Å²) in [5.74, 6) is -0.572. The fraction of sp³-hybridized carbons (Fsp3) is 0.0833. The zero-order valence-electron chi connectivity index (χ0n) is 9.41. The Bertz CT molecular complexity index is 736. The monoisotopic (exact) mass is 246 g/mol. The molecule has 18 heavy (non-hydrogen) atoms. The molecule has 3 rings (SSSR count). The molecule has 1 N–H and O–H groups in total. The molecule has 3 heterocycles. The van der Waals surface area contributed by atoms with Crippen LogP contribution in [0.15, 0.2) is 24.7 Å². The number of aromatic amines is 1. The number of hydrogen-bond acceptors (Lipinski definition) is 3. The van der Waals surface area contributed by atoms with E-state index in [0.29, 0.717) is 22.4 Å². The minimum Gasteiger partial charge on any atom is -0.345 e. The number of nitrogens with zero attached hydrogens (tertiary/aromatic N) is 3. The molecule has 0 fully saturated rings. The number of hydrogen-bond donors (Lipinski definition) is 1. The van der Waals surface area contributed by atoms with Crippen LogP contribution in [-0.2, 0) is 0 Å². The molecule has 0 amide bonds. The highest BCUT2D eigenvalue weighted by Crippen LogP contribution is 2.25. The Balaban J connectivity index is 2.24. The molecule has 90 valence electrons. The zero-order valence-corrected chi connectivity index (χ0v) is 9.41. The van der Waals surface area contributed by atoms with Gasteiger partial charge in [0.1, 0.15) is 11.5 Å². The van der Waals surface area contributed by atoms with Crippen molar-refractivity contribution < 1.29 is 8.78 Å². The van der Waals surface area contributed by atoms with E-state index in [-0.39, 0.29) is 5.69 Å². The van der Waals surface area contributed by atoms with Crippen LogP contribution in [0.4, 0.5) is 8.78 Å². The van der Waals surface area contributed by atoms with E-state index in [9.17, 15) is 8.78 Å². The zero-order chi connectivity index (χ0) is 12.7. The third-order valence-corrected chi connectivity index (χ3v) is 2.66. The van der Waals surface area contributed by atoms with Crippen LogP contribution in [-0.4, -0.2) is 19.9 Å². The summed E-state index contributed by atoms with van der Waals surface area (Å²) in [7, 11) is 0. The number of aryl methyl sites for hydroxylation is 1. The van der Waals surface area contributed by atoms with Gasteiger partial charge < -0.3 is 4.98 Å². The van der Waals surface area contributed by atoms with Crippen LogP contribution < -0.4 is 0 Å². The van der Waals surface area contributed by atoms with Crippen molar-refractivity contribution in [2.45, 2.75) is 6.92 Å². The van der Waals surface area contributed by atoms with Gasteiger partial charge in [-0.05, 0) is 13.0 Å². The Kier molecular flexibility index (Phi) is 2.29. The van der Waals surface area contributed by atoms with Gasteiger partial charge in [-0.2, -0.15) is 0 Å². The number of aromatic nitrogens is 4. The maximum absolute atomic E-state index is 13.2. The molecular formula is C12H8F2N4. The summed E-state index contributed by atoms with van der Waals surface area (Å²) in [6, 6.07) is 1.34. The number of pyridine rings is 1. The second kappa shape index (κ2) is 3.83. The van der Waals surface area contributed by atoms with Gasteiger partial charge >= 0.3 is 0 Å². The van der Waals surface area contributed by atoms with Gasteiger partial charge in [0, 0.05) is 17.1 Å². The van der Waals surface area contributed by atoms with Crippen LogP contribution in [0.3, 0.4) is 0 Å². The lowest BCUT2D eigenvalue weighted by Crippen LogP contribution is -1.94. The van der Waals surface area contributed by atoms with Crippen LogP contribution in [0.1, 0.15) is 5.69 Å². The van der Waals surface area contributed by atoms with E-state index >= 15 is 0 Å². The lowest BCUT2D eigenvalue weighted by atomic mass is 10.2. The normalized spacial score (nSPS) is 11.1. The van der Waals surface area contributed by atoms with E-state index in [4.69, 9.17) is 0 Å². The average molecular weight is 246 g/mol. The minimum absolute atomic E-state index is 0.249. The van der Waals surface area contributed by atoms with Gasteiger partial charge in [0.2, 0.25) is 0 Å². The summed E-state index contributed by atoms with van der Waals surface area (Å²) in [4.78, 5) is 14.7. The van der Waals surface area contributed by atoms with Gasteiger partial charge in [-0.25, -0.2) is 23.7 Å². The smallest absolute Gasteiger partial charge is 0.162 e. The van der Waals surface area contributed by atoms with Crippen molar-refractivity contribution in [3.05, 3.63) is 42.0 Å². The Morgan fingerprint density at radius 3 is 2.78 bits per heavy atom. The SMILES string of the molecule is Cc1nc(-c2c[nH]c3ncc(F)cc23)ncc1F. The summed E-state index contributed by atoms with van der Waals surface area (Å²) in [6.07, 6.45) is 3.85. The Morgan fingerprint density at radius 1 is 1.17 bits per heavy atom. The van der Waals surface area contributed by atoms with Gasteiger partial charge in [-0.15, -0.1) is 0 Å². The largest absolute Gasteiger partial charge is 0.345 e. The van der Waals surface area contributed by atoms with E-state index in [0.717, 1.165) is 12.4 Å². The number of fused-ring (bicyclic) bond motifs is 1. The highest BCUT2D eigenvalue weighted by molar-refractivity contribution is 5.91. The number of nitrogens with one attached hydrogen (secondary N) is 1. The molecule has 0 radical (unpaired) electrons. The maximum Gasteiger partial charge on any atom is 0.162 e. The van der Waals surface area contributed by atoms with Crippen molar-refractivity contribution in [1.29, 1.82) is 0 Å². The first-order valence-electron chi connectivity index (χ1n) is 5.27. The molecular weight excluding hydrogens is 238 g/mol. The molecule has 0 spiro atoms. The van der Waals surface area contributed by atoms with Gasteiger partial charge in [-0.3, -0.25) is 0 Å².